The number of carbonyl (C=O) groups excluding carboxylic acids is 1. The molecule has 18 heavy (non-hydrogen) atoms. The molecular formula is C17H22O. The average molecular weight is 242 g/mol. The molecule has 2 aliphatic carbocycles. The second-order valence-electron chi connectivity index (χ2n) is 6.28. The van der Waals surface area contributed by atoms with Crippen molar-refractivity contribution in [1.82, 2.24) is 0 Å². The molecule has 3 rings (SSSR count). The Hall–Kier alpha value is -1.11. The van der Waals surface area contributed by atoms with E-state index in [2.05, 4.69) is 31.2 Å². The molecule has 0 heterocycles. The minimum atomic E-state index is -0.0943. The summed E-state index contributed by atoms with van der Waals surface area (Å²) in [6, 6.07) is 10.4. The van der Waals surface area contributed by atoms with Crippen molar-refractivity contribution in [3.63, 3.8) is 0 Å². The Bertz CT molecular complexity index is 430. The maximum absolute atomic E-state index is 12.8. The minimum absolute atomic E-state index is 0.0943. The van der Waals surface area contributed by atoms with Gasteiger partial charge in [-0.15, -0.1) is 0 Å². The first kappa shape index (κ1) is 12.0. The Labute approximate surface area is 110 Å². The fourth-order valence-electron chi connectivity index (χ4n) is 3.62. The van der Waals surface area contributed by atoms with Crippen molar-refractivity contribution in [3.8, 4) is 0 Å². The van der Waals surface area contributed by atoms with Gasteiger partial charge in [-0.05, 0) is 37.2 Å². The van der Waals surface area contributed by atoms with E-state index in [1.807, 2.05) is 6.07 Å². The third-order valence-corrected chi connectivity index (χ3v) is 4.86. The lowest BCUT2D eigenvalue weighted by Crippen LogP contribution is -2.31. The first-order valence-electron chi connectivity index (χ1n) is 7.32. The van der Waals surface area contributed by atoms with Crippen LogP contribution >= 0.6 is 0 Å². The lowest BCUT2D eigenvalue weighted by atomic mass is 9.74. The second-order valence-corrected chi connectivity index (χ2v) is 6.28. The van der Waals surface area contributed by atoms with Crippen molar-refractivity contribution in [2.75, 3.05) is 0 Å². The van der Waals surface area contributed by atoms with E-state index in [-0.39, 0.29) is 5.41 Å². The molecule has 0 N–H and O–H groups in total. The molecule has 0 saturated heterocycles. The quantitative estimate of drug-likeness (QED) is 0.779. The van der Waals surface area contributed by atoms with Crippen LogP contribution in [0.2, 0.25) is 0 Å². The highest BCUT2D eigenvalue weighted by Crippen LogP contribution is 2.52. The Morgan fingerprint density at radius 3 is 2.50 bits per heavy atom. The van der Waals surface area contributed by atoms with E-state index in [9.17, 15) is 4.79 Å². The molecule has 2 aliphatic rings. The van der Waals surface area contributed by atoms with Crippen molar-refractivity contribution in [1.29, 1.82) is 0 Å². The molecule has 0 aromatic heterocycles. The number of hydrogen-bond acceptors (Lipinski definition) is 1. The summed E-state index contributed by atoms with van der Waals surface area (Å²) in [4.78, 5) is 12.8. The van der Waals surface area contributed by atoms with Crippen molar-refractivity contribution in [2.24, 2.45) is 11.8 Å². The molecule has 2 fully saturated rings. The summed E-state index contributed by atoms with van der Waals surface area (Å²) < 4.78 is 0. The van der Waals surface area contributed by atoms with Crippen molar-refractivity contribution in [3.05, 3.63) is 35.9 Å². The number of benzene rings is 1. The molecule has 0 bridgehead atoms. The summed E-state index contributed by atoms with van der Waals surface area (Å²) in [5.41, 5.74) is 1.16. The van der Waals surface area contributed by atoms with Crippen LogP contribution in [0.1, 0.15) is 51.0 Å². The van der Waals surface area contributed by atoms with Crippen LogP contribution < -0.4 is 0 Å². The van der Waals surface area contributed by atoms with Crippen LogP contribution in [0.3, 0.4) is 0 Å². The van der Waals surface area contributed by atoms with Crippen LogP contribution in [-0.2, 0) is 10.2 Å². The summed E-state index contributed by atoms with van der Waals surface area (Å²) in [7, 11) is 0. The van der Waals surface area contributed by atoms with Crippen LogP contribution in [0.15, 0.2) is 30.3 Å². The minimum Gasteiger partial charge on any atom is -0.298 e. The van der Waals surface area contributed by atoms with Gasteiger partial charge in [0.1, 0.15) is 5.78 Å². The molecule has 0 aliphatic heterocycles. The molecule has 2 saturated carbocycles. The maximum atomic E-state index is 12.8. The highest BCUT2D eigenvalue weighted by atomic mass is 16.1. The number of ketones is 1. The number of carbonyl (C=O) groups is 1. The monoisotopic (exact) mass is 242 g/mol. The van der Waals surface area contributed by atoms with Crippen LogP contribution in [0, 0.1) is 11.8 Å². The molecular weight excluding hydrogens is 220 g/mol. The molecule has 0 amide bonds. The molecule has 0 spiro atoms. The van der Waals surface area contributed by atoms with Crippen LogP contribution in [-0.4, -0.2) is 5.78 Å². The topological polar surface area (TPSA) is 17.1 Å². The normalized spacial score (nSPS) is 29.8. The molecule has 1 aromatic carbocycles. The van der Waals surface area contributed by atoms with Gasteiger partial charge in [-0.1, -0.05) is 50.1 Å². The first-order valence-corrected chi connectivity index (χ1v) is 7.32. The fraction of sp³-hybridized carbons (Fsp3) is 0.588. The van der Waals surface area contributed by atoms with Crippen molar-refractivity contribution >= 4 is 5.78 Å². The molecule has 1 nitrogen and oxygen atoms in total. The summed E-state index contributed by atoms with van der Waals surface area (Å²) in [5, 5.41) is 0. The van der Waals surface area contributed by atoms with Crippen molar-refractivity contribution < 1.29 is 4.79 Å². The number of hydrogen-bond donors (Lipinski definition) is 0. The van der Waals surface area contributed by atoms with Gasteiger partial charge < -0.3 is 0 Å². The van der Waals surface area contributed by atoms with E-state index in [1.165, 1.54) is 18.4 Å². The Balaban J connectivity index is 1.80. The van der Waals surface area contributed by atoms with Gasteiger partial charge in [0, 0.05) is 5.92 Å². The van der Waals surface area contributed by atoms with E-state index in [0.717, 1.165) is 31.6 Å². The lowest BCUT2D eigenvalue weighted by Gasteiger charge is -2.29. The van der Waals surface area contributed by atoms with Gasteiger partial charge in [-0.25, -0.2) is 0 Å². The average Bonchev–Trinajstić information content (AvgIpc) is 3.20. The van der Waals surface area contributed by atoms with E-state index >= 15 is 0 Å². The number of Topliss-reactive ketones (excluding diaryl/α,β-unsaturated/α-hetero) is 1. The van der Waals surface area contributed by atoms with E-state index in [1.54, 1.807) is 0 Å². The van der Waals surface area contributed by atoms with E-state index < -0.39 is 0 Å². The molecule has 2 atom stereocenters. The van der Waals surface area contributed by atoms with E-state index in [4.69, 9.17) is 0 Å². The largest absolute Gasteiger partial charge is 0.298 e. The van der Waals surface area contributed by atoms with Gasteiger partial charge in [0.25, 0.3) is 0 Å². The Morgan fingerprint density at radius 2 is 1.89 bits per heavy atom. The maximum Gasteiger partial charge on any atom is 0.146 e. The highest BCUT2D eigenvalue weighted by Gasteiger charge is 2.52. The molecule has 2 unspecified atom stereocenters. The van der Waals surface area contributed by atoms with Gasteiger partial charge in [0.2, 0.25) is 0 Å². The molecule has 1 aromatic rings. The smallest absolute Gasteiger partial charge is 0.146 e. The van der Waals surface area contributed by atoms with E-state index in [0.29, 0.717) is 11.7 Å². The zero-order chi connectivity index (χ0) is 12.6. The van der Waals surface area contributed by atoms with Gasteiger partial charge in [0.15, 0.2) is 0 Å². The number of rotatable bonds is 3. The molecule has 1 heteroatoms. The Kier molecular flexibility index (Phi) is 3.01. The predicted octanol–water partition coefficient (Wildman–Crippen LogP) is 4.11. The zero-order valence-corrected chi connectivity index (χ0v) is 11.2. The standard InChI is InChI=1S/C17H22O/c1-13-6-5-7-14(12-13)16(18)17(10-11-17)15-8-3-2-4-9-15/h2-4,8-9,13-14H,5-7,10-12H2,1H3. The predicted molar refractivity (Wildman–Crippen MR) is 73.5 cm³/mol. The zero-order valence-electron chi connectivity index (χ0n) is 11.2. The third-order valence-electron chi connectivity index (χ3n) is 4.86. The fourth-order valence-corrected chi connectivity index (χ4v) is 3.62. The third kappa shape index (κ3) is 2.00. The van der Waals surface area contributed by atoms with Gasteiger partial charge in [0.05, 0.1) is 5.41 Å². The molecule has 96 valence electrons. The van der Waals surface area contributed by atoms with Crippen LogP contribution in [0.5, 0.6) is 0 Å². The lowest BCUT2D eigenvalue weighted by molar-refractivity contribution is -0.126. The second kappa shape index (κ2) is 4.53. The summed E-state index contributed by atoms with van der Waals surface area (Å²) in [5.74, 6) is 1.61. The van der Waals surface area contributed by atoms with Crippen molar-refractivity contribution in [2.45, 2.75) is 50.9 Å². The summed E-state index contributed by atoms with van der Waals surface area (Å²) in [6.45, 7) is 2.29. The van der Waals surface area contributed by atoms with Crippen LogP contribution in [0.4, 0.5) is 0 Å². The Morgan fingerprint density at radius 1 is 1.17 bits per heavy atom. The van der Waals surface area contributed by atoms with Gasteiger partial charge in [-0.2, -0.15) is 0 Å². The SMILES string of the molecule is CC1CCCC(C(=O)C2(c3ccccc3)CC2)C1. The van der Waals surface area contributed by atoms with Gasteiger partial charge >= 0.3 is 0 Å². The summed E-state index contributed by atoms with van der Waals surface area (Å²) >= 11 is 0. The van der Waals surface area contributed by atoms with Gasteiger partial charge in [-0.3, -0.25) is 4.79 Å². The highest BCUT2D eigenvalue weighted by molar-refractivity contribution is 5.94. The first-order chi connectivity index (χ1) is 8.72. The molecule has 0 radical (unpaired) electrons. The van der Waals surface area contributed by atoms with Crippen LogP contribution in [0.25, 0.3) is 0 Å². The summed E-state index contributed by atoms with van der Waals surface area (Å²) in [6.07, 6.45) is 6.93.